The molecule has 0 aromatic rings. The minimum absolute atomic E-state index is 0.0134. The molecule has 2 saturated heterocycles. The van der Waals surface area contributed by atoms with Crippen LogP contribution in [0.2, 0.25) is 0 Å². The number of cyclic esters (lactones) is 1. The normalized spacial score (nSPS) is 34.0. The first-order valence-corrected chi connectivity index (χ1v) is 12.8. The van der Waals surface area contributed by atoms with Crippen LogP contribution in [-0.2, 0) is 19.1 Å². The van der Waals surface area contributed by atoms with E-state index in [4.69, 9.17) is 9.84 Å². The second kappa shape index (κ2) is 10.00. The molecule has 1 N–H and O–H groups in total. The summed E-state index contributed by atoms with van der Waals surface area (Å²) in [5.41, 5.74) is 0. The second-order valence-corrected chi connectivity index (χ2v) is 10.6. The van der Waals surface area contributed by atoms with E-state index in [0.29, 0.717) is 39.1 Å². The summed E-state index contributed by atoms with van der Waals surface area (Å²) in [6.07, 6.45) is 12.9. The Morgan fingerprint density at radius 3 is 2.75 bits per heavy atom. The molecule has 0 aromatic carbocycles. The molecule has 4 aliphatic heterocycles. The lowest BCUT2D eigenvalue weighted by Crippen LogP contribution is -2.53. The highest BCUT2D eigenvalue weighted by atomic mass is 32.2. The van der Waals surface area contributed by atoms with Crippen LogP contribution in [0.5, 0.6) is 0 Å². The Balaban J connectivity index is 1.71. The summed E-state index contributed by atoms with van der Waals surface area (Å²) >= 11 is 1.59. The third-order valence-corrected chi connectivity index (χ3v) is 8.79. The van der Waals surface area contributed by atoms with Gasteiger partial charge >= 0.3 is 5.97 Å². The van der Waals surface area contributed by atoms with Gasteiger partial charge in [0.25, 0.3) is 0 Å². The summed E-state index contributed by atoms with van der Waals surface area (Å²) in [7, 11) is 0. The lowest BCUT2D eigenvalue weighted by atomic mass is 9.78. The summed E-state index contributed by atoms with van der Waals surface area (Å²) in [5, 5.41) is 8.95. The van der Waals surface area contributed by atoms with Crippen LogP contribution in [0, 0.1) is 11.8 Å². The lowest BCUT2D eigenvalue weighted by Gasteiger charge is -2.35. The standard InChI is InChI=1S/C24H34N2O5S/c1-2-3-12-25-13-9-11-24-19(18-17(32-24)10-5-8-16-31-23(18)30)21(28)26(20(24)22(25)29)14-6-4-7-15-27/h5,9-11,17-20,27H,2-4,6-8,12-16H2,1H3/t17-,18+,19+,20?,24+/m1/s1. The second-order valence-electron chi connectivity index (χ2n) is 9.08. The molecule has 7 nitrogen and oxygen atoms in total. The first kappa shape index (κ1) is 23.4. The van der Waals surface area contributed by atoms with Crippen molar-refractivity contribution < 1.29 is 24.2 Å². The van der Waals surface area contributed by atoms with Crippen molar-refractivity contribution in [3.63, 3.8) is 0 Å². The largest absolute Gasteiger partial charge is 0.465 e. The number of amides is 2. The zero-order chi connectivity index (χ0) is 22.7. The van der Waals surface area contributed by atoms with Gasteiger partial charge in [0.1, 0.15) is 6.04 Å². The highest BCUT2D eigenvalue weighted by Crippen LogP contribution is 2.60. The molecule has 0 bridgehead atoms. The van der Waals surface area contributed by atoms with Crippen molar-refractivity contribution >= 4 is 29.5 Å². The average molecular weight is 463 g/mol. The molecule has 2 fully saturated rings. The van der Waals surface area contributed by atoms with Crippen molar-refractivity contribution in [1.82, 2.24) is 9.80 Å². The third-order valence-electron chi connectivity index (χ3n) is 7.04. The molecule has 1 unspecified atom stereocenters. The number of hydrogen-bond acceptors (Lipinski definition) is 6. The van der Waals surface area contributed by atoms with Crippen molar-refractivity contribution in [3.05, 3.63) is 24.3 Å². The van der Waals surface area contributed by atoms with Gasteiger partial charge in [0.05, 0.1) is 23.2 Å². The van der Waals surface area contributed by atoms with Gasteiger partial charge in [0.15, 0.2) is 0 Å². The molecule has 176 valence electrons. The molecular weight excluding hydrogens is 428 g/mol. The van der Waals surface area contributed by atoms with E-state index >= 15 is 0 Å². The predicted octanol–water partition coefficient (Wildman–Crippen LogP) is 2.15. The van der Waals surface area contributed by atoms with Gasteiger partial charge in [-0.1, -0.05) is 37.6 Å². The summed E-state index contributed by atoms with van der Waals surface area (Å²) in [6, 6.07) is -0.607. The fraction of sp³-hybridized carbons (Fsp3) is 0.708. The maximum absolute atomic E-state index is 13.8. The van der Waals surface area contributed by atoms with Gasteiger partial charge in [-0.2, -0.15) is 0 Å². The van der Waals surface area contributed by atoms with E-state index in [-0.39, 0.29) is 29.6 Å². The highest BCUT2D eigenvalue weighted by Gasteiger charge is 2.70. The van der Waals surface area contributed by atoms with E-state index in [1.807, 2.05) is 23.1 Å². The Morgan fingerprint density at radius 1 is 1.12 bits per heavy atom. The topological polar surface area (TPSA) is 87.2 Å². The number of ether oxygens (including phenoxy) is 1. The lowest BCUT2D eigenvalue weighted by molar-refractivity contribution is -0.153. The number of unbranched alkanes of at least 4 members (excludes halogenated alkanes) is 3. The van der Waals surface area contributed by atoms with Crippen LogP contribution in [-0.4, -0.2) is 81.6 Å². The van der Waals surface area contributed by atoms with Gasteiger partial charge < -0.3 is 19.6 Å². The number of nitrogens with zero attached hydrogens (tertiary/aromatic N) is 2. The fourth-order valence-electron chi connectivity index (χ4n) is 5.51. The molecule has 2 amide bonds. The van der Waals surface area contributed by atoms with E-state index in [2.05, 4.69) is 13.0 Å². The van der Waals surface area contributed by atoms with Gasteiger partial charge in [-0.25, -0.2) is 0 Å². The molecule has 0 saturated carbocycles. The molecular formula is C24H34N2O5S. The van der Waals surface area contributed by atoms with E-state index in [1.54, 1.807) is 16.7 Å². The zero-order valence-corrected chi connectivity index (χ0v) is 19.6. The number of likely N-dealkylation sites (tertiary alicyclic amines) is 1. The number of rotatable bonds is 8. The molecule has 5 atom stereocenters. The minimum atomic E-state index is -0.755. The third kappa shape index (κ3) is 4.00. The Morgan fingerprint density at radius 2 is 1.97 bits per heavy atom. The molecule has 0 aliphatic carbocycles. The number of hydrogen-bond donors (Lipinski definition) is 1. The molecule has 4 heterocycles. The van der Waals surface area contributed by atoms with E-state index in [9.17, 15) is 14.4 Å². The number of carbonyl (C=O) groups is 3. The minimum Gasteiger partial charge on any atom is -0.465 e. The van der Waals surface area contributed by atoms with Gasteiger partial charge in [-0.05, 0) is 32.1 Å². The van der Waals surface area contributed by atoms with E-state index in [0.717, 1.165) is 25.7 Å². The zero-order valence-electron chi connectivity index (χ0n) is 18.8. The summed E-state index contributed by atoms with van der Waals surface area (Å²) < 4.78 is 4.73. The van der Waals surface area contributed by atoms with Crippen molar-refractivity contribution in [1.29, 1.82) is 0 Å². The van der Waals surface area contributed by atoms with Crippen LogP contribution in [0.15, 0.2) is 24.3 Å². The quantitative estimate of drug-likeness (QED) is 0.338. The van der Waals surface area contributed by atoms with Crippen molar-refractivity contribution in [2.45, 2.75) is 61.5 Å². The first-order chi connectivity index (χ1) is 15.5. The Hall–Kier alpha value is -1.80. The number of esters is 1. The fourth-order valence-corrected chi connectivity index (χ4v) is 7.52. The van der Waals surface area contributed by atoms with E-state index in [1.165, 1.54) is 0 Å². The number of aliphatic hydroxyl groups is 1. The molecule has 0 aromatic heterocycles. The maximum Gasteiger partial charge on any atom is 0.311 e. The van der Waals surface area contributed by atoms with Crippen LogP contribution in [0.25, 0.3) is 0 Å². The highest BCUT2D eigenvalue weighted by molar-refractivity contribution is 8.02. The van der Waals surface area contributed by atoms with Crippen molar-refractivity contribution in [2.24, 2.45) is 11.8 Å². The number of carbonyl (C=O) groups excluding carboxylic acids is 3. The number of fused-ring (bicyclic) bond motifs is 2. The molecule has 1 spiro atoms. The molecule has 0 radical (unpaired) electrons. The first-order valence-electron chi connectivity index (χ1n) is 11.9. The van der Waals surface area contributed by atoms with E-state index < -0.39 is 22.6 Å². The monoisotopic (exact) mass is 462 g/mol. The summed E-state index contributed by atoms with van der Waals surface area (Å²) in [4.78, 5) is 44.3. The number of thioether (sulfide) groups is 1. The molecule has 4 rings (SSSR count). The van der Waals surface area contributed by atoms with Gasteiger partial charge in [-0.3, -0.25) is 14.4 Å². The molecule has 4 aliphatic rings. The average Bonchev–Trinajstić information content (AvgIpc) is 3.15. The summed E-state index contributed by atoms with van der Waals surface area (Å²) in [6.45, 7) is 4.21. The molecule has 8 heteroatoms. The Labute approximate surface area is 194 Å². The van der Waals surface area contributed by atoms with Crippen molar-refractivity contribution in [3.8, 4) is 0 Å². The van der Waals surface area contributed by atoms with Crippen LogP contribution >= 0.6 is 11.8 Å². The van der Waals surface area contributed by atoms with Gasteiger partial charge in [0, 0.05) is 31.5 Å². The SMILES string of the molecule is CCCCN1CC=C[C@]23S[C@@H]4C=CCCOC(=O)[C@@H]4[C@H]2C(=O)N(CCCCCO)C3C1=O. The number of aliphatic hydroxyl groups excluding tert-OH is 1. The van der Waals surface area contributed by atoms with Gasteiger partial charge in [-0.15, -0.1) is 11.8 Å². The predicted molar refractivity (Wildman–Crippen MR) is 123 cm³/mol. The van der Waals surface area contributed by atoms with Crippen LogP contribution in [0.4, 0.5) is 0 Å². The smallest absolute Gasteiger partial charge is 0.311 e. The van der Waals surface area contributed by atoms with Crippen LogP contribution in [0.1, 0.15) is 45.4 Å². The van der Waals surface area contributed by atoms with Gasteiger partial charge in [0.2, 0.25) is 11.8 Å². The van der Waals surface area contributed by atoms with Crippen LogP contribution < -0.4 is 0 Å². The maximum atomic E-state index is 13.8. The Kier molecular flexibility index (Phi) is 7.30. The van der Waals surface area contributed by atoms with Crippen LogP contribution in [0.3, 0.4) is 0 Å². The summed E-state index contributed by atoms with van der Waals surface area (Å²) in [5.74, 6) is -1.62. The Bertz CT molecular complexity index is 799. The van der Waals surface area contributed by atoms with Crippen molar-refractivity contribution in [2.75, 3.05) is 32.8 Å². The molecule has 32 heavy (non-hydrogen) atoms.